The highest BCUT2D eigenvalue weighted by Gasteiger charge is 2.34. The summed E-state index contributed by atoms with van der Waals surface area (Å²) in [6.07, 6.45) is 0.724. The van der Waals surface area contributed by atoms with Crippen molar-refractivity contribution >= 4 is 10.9 Å². The Morgan fingerprint density at radius 2 is 1.26 bits per heavy atom. The minimum atomic E-state index is -0.519. The number of hydrogen-bond donors (Lipinski definition) is 1. The van der Waals surface area contributed by atoms with Gasteiger partial charge in [-0.1, -0.05) is 90.1 Å². The number of rotatable bonds is 4. The highest BCUT2D eigenvalue weighted by Crippen LogP contribution is 2.37. The molecular weight excluding hydrogens is 416 g/mol. The zero-order valence-corrected chi connectivity index (χ0v) is 21.5. The van der Waals surface area contributed by atoms with E-state index in [1.807, 2.05) is 30.3 Å². The lowest BCUT2D eigenvalue weighted by Crippen LogP contribution is -2.30. The Bertz CT molecular complexity index is 1300. The summed E-state index contributed by atoms with van der Waals surface area (Å²) in [7, 11) is 0. The molecule has 0 saturated carbocycles. The average Bonchev–Trinajstić information content (AvgIpc) is 2.77. The van der Waals surface area contributed by atoms with Gasteiger partial charge in [-0.3, -0.25) is 4.98 Å². The molecule has 0 aliphatic rings. The Morgan fingerprint density at radius 3 is 1.88 bits per heavy atom. The molecule has 2 aromatic heterocycles. The van der Waals surface area contributed by atoms with Crippen molar-refractivity contribution in [3.8, 4) is 5.88 Å². The van der Waals surface area contributed by atoms with E-state index in [4.69, 9.17) is 4.98 Å². The molecule has 3 nitrogen and oxygen atoms in total. The van der Waals surface area contributed by atoms with E-state index < -0.39 is 5.41 Å². The quantitative estimate of drug-likeness (QED) is 0.349. The van der Waals surface area contributed by atoms with Gasteiger partial charge in [-0.25, -0.2) is 4.98 Å². The van der Waals surface area contributed by atoms with Crippen molar-refractivity contribution in [2.75, 3.05) is 0 Å². The topological polar surface area (TPSA) is 46.0 Å². The van der Waals surface area contributed by atoms with E-state index >= 15 is 0 Å². The Kier molecular flexibility index (Phi) is 6.01. The lowest BCUT2D eigenvalue weighted by molar-refractivity contribution is 0.439. The zero-order valence-electron chi connectivity index (χ0n) is 21.5. The Morgan fingerprint density at radius 1 is 0.647 bits per heavy atom. The highest BCUT2D eigenvalue weighted by atomic mass is 16.3. The second-order valence-electron chi connectivity index (χ2n) is 11.7. The first-order valence-electron chi connectivity index (χ1n) is 12.0. The molecule has 0 spiro atoms. The van der Waals surface area contributed by atoms with Gasteiger partial charge in [-0.05, 0) is 59.1 Å². The van der Waals surface area contributed by atoms with Gasteiger partial charge in [0.25, 0.3) is 0 Å². The zero-order chi connectivity index (χ0) is 24.7. The maximum Gasteiger partial charge on any atom is 0.210 e. The van der Waals surface area contributed by atoms with Crippen molar-refractivity contribution in [3.63, 3.8) is 0 Å². The highest BCUT2D eigenvalue weighted by molar-refractivity contribution is 5.78. The van der Waals surface area contributed by atoms with Crippen LogP contribution in [0.5, 0.6) is 5.88 Å². The summed E-state index contributed by atoms with van der Waals surface area (Å²) in [5.41, 5.74) is 6.18. The maximum atomic E-state index is 10.2. The third-order valence-corrected chi connectivity index (χ3v) is 6.75. The van der Waals surface area contributed by atoms with Gasteiger partial charge >= 0.3 is 0 Å². The smallest absolute Gasteiger partial charge is 0.210 e. The summed E-state index contributed by atoms with van der Waals surface area (Å²) in [6, 6.07) is 24.9. The number of aromatic nitrogens is 2. The van der Waals surface area contributed by atoms with Gasteiger partial charge in [-0.2, -0.15) is 0 Å². The summed E-state index contributed by atoms with van der Waals surface area (Å²) < 4.78 is 0. The molecule has 1 atom stereocenters. The van der Waals surface area contributed by atoms with Crippen LogP contribution in [0.3, 0.4) is 0 Å². The summed E-state index contributed by atoms with van der Waals surface area (Å²) in [5.74, 6) is 0.0309. The van der Waals surface area contributed by atoms with Crippen molar-refractivity contribution in [2.45, 2.75) is 71.1 Å². The number of pyridine rings is 2. The molecule has 4 aromatic rings. The summed E-state index contributed by atoms with van der Waals surface area (Å²) in [6.45, 7) is 15.8. The van der Waals surface area contributed by atoms with E-state index in [1.54, 1.807) is 6.07 Å². The second kappa shape index (κ2) is 8.54. The lowest BCUT2D eigenvalue weighted by Gasteiger charge is -2.31. The van der Waals surface area contributed by atoms with Crippen LogP contribution in [0.15, 0.2) is 72.8 Å². The van der Waals surface area contributed by atoms with E-state index in [9.17, 15) is 5.11 Å². The van der Waals surface area contributed by atoms with Crippen LogP contribution in [0.25, 0.3) is 10.9 Å². The molecule has 34 heavy (non-hydrogen) atoms. The van der Waals surface area contributed by atoms with Crippen LogP contribution in [0.4, 0.5) is 0 Å². The molecule has 2 heterocycles. The molecule has 0 amide bonds. The van der Waals surface area contributed by atoms with Gasteiger partial charge in [-0.15, -0.1) is 0 Å². The molecule has 0 aliphatic carbocycles. The molecule has 4 rings (SSSR count). The van der Waals surface area contributed by atoms with Crippen molar-refractivity contribution in [1.29, 1.82) is 0 Å². The van der Waals surface area contributed by atoms with Crippen LogP contribution < -0.4 is 0 Å². The van der Waals surface area contributed by atoms with E-state index in [0.717, 1.165) is 28.7 Å². The molecule has 0 fully saturated rings. The second-order valence-corrected chi connectivity index (χ2v) is 11.7. The number of aromatic hydroxyl groups is 1. The third-order valence-electron chi connectivity index (χ3n) is 6.75. The fourth-order valence-corrected chi connectivity index (χ4v) is 4.48. The number of fused-ring (bicyclic) bond motifs is 1. The van der Waals surface area contributed by atoms with E-state index in [0.29, 0.717) is 0 Å². The molecule has 3 heteroatoms. The molecule has 176 valence electrons. The van der Waals surface area contributed by atoms with Gasteiger partial charge in [0.05, 0.1) is 22.3 Å². The summed E-state index contributed by atoms with van der Waals surface area (Å²) in [5, 5.41) is 11.3. The van der Waals surface area contributed by atoms with Crippen molar-refractivity contribution in [1.82, 2.24) is 9.97 Å². The standard InChI is InChI=1S/C31H36N2O/c1-29(2,3)23-17-21(18-24(19-23)30(4,5)6)20-31(7,26-13-10-14-28(34)33-26)27-16-15-22-11-8-9-12-25(22)32-27/h8-19H,20H2,1-7H3,(H,33,34). The molecule has 2 aromatic carbocycles. The number of nitrogens with zero attached hydrogens (tertiary/aromatic N) is 2. The minimum Gasteiger partial charge on any atom is -0.493 e. The lowest BCUT2D eigenvalue weighted by atomic mass is 9.74. The van der Waals surface area contributed by atoms with Crippen LogP contribution in [0, 0.1) is 0 Å². The molecule has 0 saturated heterocycles. The summed E-state index contributed by atoms with van der Waals surface area (Å²) >= 11 is 0. The SMILES string of the molecule is CC(C)(C)c1cc(CC(C)(c2cccc(O)n2)c2ccc3ccccc3n2)cc(C(C)(C)C)c1. The normalized spacial score (nSPS) is 14.2. The van der Waals surface area contributed by atoms with Crippen LogP contribution >= 0.6 is 0 Å². The Balaban J connectivity index is 1.92. The van der Waals surface area contributed by atoms with Crippen molar-refractivity contribution in [3.05, 3.63) is 101 Å². The van der Waals surface area contributed by atoms with Crippen molar-refractivity contribution < 1.29 is 5.11 Å². The van der Waals surface area contributed by atoms with Crippen molar-refractivity contribution in [2.24, 2.45) is 0 Å². The first kappa shape index (κ1) is 23.9. The van der Waals surface area contributed by atoms with Crippen LogP contribution in [-0.2, 0) is 22.7 Å². The van der Waals surface area contributed by atoms with Gasteiger partial charge in [0.15, 0.2) is 0 Å². The first-order chi connectivity index (χ1) is 15.9. The molecule has 0 aliphatic heterocycles. The fourth-order valence-electron chi connectivity index (χ4n) is 4.48. The molecule has 0 bridgehead atoms. The predicted octanol–water partition coefficient (Wildman–Crippen LogP) is 7.48. The predicted molar refractivity (Wildman–Crippen MR) is 142 cm³/mol. The van der Waals surface area contributed by atoms with Gasteiger partial charge < -0.3 is 5.11 Å². The molecular formula is C31H36N2O. The third kappa shape index (κ3) is 4.84. The van der Waals surface area contributed by atoms with E-state index in [1.165, 1.54) is 16.7 Å². The van der Waals surface area contributed by atoms with Crippen LogP contribution in [0.2, 0.25) is 0 Å². The largest absolute Gasteiger partial charge is 0.493 e. The van der Waals surface area contributed by atoms with E-state index in [2.05, 4.69) is 89.8 Å². The number of hydrogen-bond acceptors (Lipinski definition) is 3. The first-order valence-corrected chi connectivity index (χ1v) is 12.0. The number of para-hydroxylation sites is 1. The van der Waals surface area contributed by atoms with Crippen LogP contribution in [-0.4, -0.2) is 15.1 Å². The van der Waals surface area contributed by atoms with E-state index in [-0.39, 0.29) is 16.7 Å². The van der Waals surface area contributed by atoms with Gasteiger partial charge in [0.2, 0.25) is 5.88 Å². The minimum absolute atomic E-state index is 0.0309. The van der Waals surface area contributed by atoms with Crippen LogP contribution in [0.1, 0.15) is 76.5 Å². The summed E-state index contributed by atoms with van der Waals surface area (Å²) in [4.78, 5) is 9.63. The monoisotopic (exact) mass is 452 g/mol. The molecule has 0 radical (unpaired) electrons. The van der Waals surface area contributed by atoms with Gasteiger partial charge in [0.1, 0.15) is 0 Å². The fraction of sp³-hybridized carbons (Fsp3) is 0.355. The average molecular weight is 453 g/mol. The molecule has 1 N–H and O–H groups in total. The maximum absolute atomic E-state index is 10.2. The number of benzene rings is 2. The van der Waals surface area contributed by atoms with Gasteiger partial charge in [0, 0.05) is 11.5 Å². The Labute approximate surface area is 203 Å². The molecule has 1 unspecified atom stereocenters. The Hall–Kier alpha value is -3.20.